The number of hydrogen-bond acceptors (Lipinski definition) is 6. The summed E-state index contributed by atoms with van der Waals surface area (Å²) in [6.45, 7) is 0. The minimum absolute atomic E-state index is 0.0237. The van der Waals surface area contributed by atoms with Crippen molar-refractivity contribution in [2.45, 2.75) is 6.18 Å². The van der Waals surface area contributed by atoms with Crippen LogP contribution >= 0.6 is 22.6 Å². The van der Waals surface area contributed by atoms with Crippen LogP contribution < -0.4 is 4.74 Å². The van der Waals surface area contributed by atoms with Crippen LogP contribution in [0.15, 0.2) is 47.0 Å². The Bertz CT molecular complexity index is 910. The van der Waals surface area contributed by atoms with Gasteiger partial charge >= 0.3 is 12.1 Å². The topological polar surface area (TPSA) is 78.1 Å². The predicted molar refractivity (Wildman–Crippen MR) is 87.4 cm³/mol. The van der Waals surface area contributed by atoms with Gasteiger partial charge in [-0.25, -0.2) is 9.78 Å². The van der Waals surface area contributed by atoms with Crippen molar-refractivity contribution in [1.82, 2.24) is 15.2 Å². The third-order valence-electron chi connectivity index (χ3n) is 2.94. The summed E-state index contributed by atoms with van der Waals surface area (Å²) in [6, 6.07) is 9.98. The van der Waals surface area contributed by atoms with Gasteiger partial charge in [0, 0.05) is 15.3 Å². The fraction of sp³-hybridized carbons (Fsp3) is 0.0667. The lowest BCUT2D eigenvalue weighted by Gasteiger charge is -2.07. The third kappa shape index (κ3) is 3.95. The number of carbonyl (C=O) groups excluding carboxylic acids is 1. The second-order valence-corrected chi connectivity index (χ2v) is 5.91. The van der Waals surface area contributed by atoms with Gasteiger partial charge in [-0.05, 0) is 59.0 Å². The maximum atomic E-state index is 12.4. The van der Waals surface area contributed by atoms with Crippen LogP contribution in [-0.4, -0.2) is 27.3 Å². The van der Waals surface area contributed by atoms with Crippen molar-refractivity contribution in [2.24, 2.45) is 0 Å². The molecule has 0 N–H and O–H groups in total. The smallest absolute Gasteiger partial charge is 0.416 e. The van der Waals surface area contributed by atoms with Gasteiger partial charge in [0.1, 0.15) is 5.56 Å². The summed E-state index contributed by atoms with van der Waals surface area (Å²) in [4.78, 5) is 14.7. The van der Waals surface area contributed by atoms with E-state index in [-0.39, 0.29) is 17.3 Å². The highest BCUT2D eigenvalue weighted by Crippen LogP contribution is 2.30. The molecule has 2 aromatic heterocycles. The van der Waals surface area contributed by atoms with Gasteiger partial charge in [-0.1, -0.05) is 0 Å². The Hall–Kier alpha value is -2.50. The van der Waals surface area contributed by atoms with E-state index in [1.165, 1.54) is 18.3 Å². The highest BCUT2D eigenvalue weighted by molar-refractivity contribution is 14.1. The number of rotatable bonds is 3. The molecule has 0 aliphatic rings. The molecule has 0 aliphatic carbocycles. The fourth-order valence-electron chi connectivity index (χ4n) is 1.82. The Morgan fingerprint density at radius 3 is 2.44 bits per heavy atom. The highest BCUT2D eigenvalue weighted by Gasteiger charge is 2.42. The van der Waals surface area contributed by atoms with Crippen LogP contribution in [0, 0.1) is 3.57 Å². The summed E-state index contributed by atoms with van der Waals surface area (Å²) in [6.07, 6.45) is -3.96. The largest absolute Gasteiger partial charge is 0.491 e. The first kappa shape index (κ1) is 17.3. The van der Waals surface area contributed by atoms with E-state index in [0.29, 0.717) is 5.56 Å². The zero-order chi connectivity index (χ0) is 18.0. The summed E-state index contributed by atoms with van der Waals surface area (Å²) in [5.74, 6) is -2.90. The fourth-order valence-corrected chi connectivity index (χ4v) is 2.18. The maximum absolute atomic E-state index is 12.4. The van der Waals surface area contributed by atoms with Gasteiger partial charge in [-0.3, -0.25) is 0 Å². The molecule has 0 spiro atoms. The van der Waals surface area contributed by atoms with E-state index in [4.69, 9.17) is 4.42 Å². The van der Waals surface area contributed by atoms with Gasteiger partial charge < -0.3 is 9.15 Å². The number of esters is 1. The van der Waals surface area contributed by atoms with E-state index >= 15 is 0 Å². The number of benzene rings is 1. The first-order valence-corrected chi connectivity index (χ1v) is 7.76. The summed E-state index contributed by atoms with van der Waals surface area (Å²) in [5.41, 5.74) is 0.612. The van der Waals surface area contributed by atoms with Gasteiger partial charge in [0.2, 0.25) is 11.8 Å². The van der Waals surface area contributed by atoms with Gasteiger partial charge in [0.15, 0.2) is 0 Å². The molecule has 2 heterocycles. The normalized spacial score (nSPS) is 11.4. The highest BCUT2D eigenvalue weighted by atomic mass is 127. The second kappa shape index (κ2) is 6.78. The first-order chi connectivity index (χ1) is 11.8. The molecule has 3 rings (SSSR count). The SMILES string of the molecule is O=C(Oc1ncccc1-c1nnc(-c2ccc(I)cc2)o1)C(F)(F)F. The van der Waals surface area contributed by atoms with Crippen molar-refractivity contribution in [1.29, 1.82) is 0 Å². The molecular formula is C15H7F3IN3O3. The summed E-state index contributed by atoms with van der Waals surface area (Å²) in [7, 11) is 0. The molecular weight excluding hydrogens is 454 g/mol. The zero-order valence-corrected chi connectivity index (χ0v) is 14.3. The van der Waals surface area contributed by atoms with Crippen LogP contribution in [-0.2, 0) is 4.79 Å². The molecule has 10 heteroatoms. The van der Waals surface area contributed by atoms with Crippen LogP contribution in [0.25, 0.3) is 22.9 Å². The lowest BCUT2D eigenvalue weighted by atomic mass is 10.2. The van der Waals surface area contributed by atoms with Crippen molar-refractivity contribution in [3.05, 3.63) is 46.2 Å². The van der Waals surface area contributed by atoms with Crippen molar-refractivity contribution >= 4 is 28.6 Å². The molecule has 0 bridgehead atoms. The van der Waals surface area contributed by atoms with E-state index in [9.17, 15) is 18.0 Å². The zero-order valence-electron chi connectivity index (χ0n) is 12.1. The Labute approximate surface area is 152 Å². The Kier molecular flexibility index (Phi) is 4.70. The van der Waals surface area contributed by atoms with Gasteiger partial charge in [-0.2, -0.15) is 13.2 Å². The lowest BCUT2D eigenvalue weighted by Crippen LogP contribution is -2.28. The van der Waals surface area contributed by atoms with Crippen molar-refractivity contribution < 1.29 is 27.1 Å². The van der Waals surface area contributed by atoms with E-state index in [1.807, 2.05) is 12.1 Å². The quantitative estimate of drug-likeness (QED) is 0.436. The molecule has 1 aromatic carbocycles. The number of nitrogens with zero attached hydrogens (tertiary/aromatic N) is 3. The number of aromatic nitrogens is 3. The molecule has 25 heavy (non-hydrogen) atoms. The van der Waals surface area contributed by atoms with Crippen LogP contribution in [0.1, 0.15) is 0 Å². The minimum Gasteiger partial charge on any atom is -0.416 e. The van der Waals surface area contributed by atoms with Crippen molar-refractivity contribution in [3.8, 4) is 28.8 Å². The van der Waals surface area contributed by atoms with Crippen LogP contribution in [0.5, 0.6) is 5.88 Å². The molecule has 0 radical (unpaired) electrons. The number of ether oxygens (including phenoxy) is 1. The maximum Gasteiger partial charge on any atom is 0.491 e. The molecule has 0 amide bonds. The van der Waals surface area contributed by atoms with E-state index in [0.717, 1.165) is 3.57 Å². The van der Waals surface area contributed by atoms with E-state index in [1.54, 1.807) is 12.1 Å². The summed E-state index contributed by atoms with van der Waals surface area (Å²) in [5, 5.41) is 7.64. The molecule has 128 valence electrons. The molecule has 0 fully saturated rings. The molecule has 0 unspecified atom stereocenters. The van der Waals surface area contributed by atoms with E-state index in [2.05, 4.69) is 42.5 Å². The number of carbonyl (C=O) groups is 1. The van der Waals surface area contributed by atoms with Gasteiger partial charge in [-0.15, -0.1) is 10.2 Å². The lowest BCUT2D eigenvalue weighted by molar-refractivity contribution is -0.189. The summed E-state index contributed by atoms with van der Waals surface area (Å²) >= 11 is 2.14. The van der Waals surface area contributed by atoms with E-state index < -0.39 is 18.0 Å². The minimum atomic E-state index is -5.14. The summed E-state index contributed by atoms with van der Waals surface area (Å²) < 4.78 is 47.9. The third-order valence-corrected chi connectivity index (χ3v) is 3.66. The molecule has 3 aromatic rings. The van der Waals surface area contributed by atoms with Crippen LogP contribution in [0.4, 0.5) is 13.2 Å². The van der Waals surface area contributed by atoms with Crippen molar-refractivity contribution in [2.75, 3.05) is 0 Å². The van der Waals surface area contributed by atoms with Crippen molar-refractivity contribution in [3.63, 3.8) is 0 Å². The Balaban J connectivity index is 1.93. The number of alkyl halides is 3. The molecule has 6 nitrogen and oxygen atoms in total. The predicted octanol–water partition coefficient (Wildman–Crippen LogP) is 3.87. The Morgan fingerprint density at radius 1 is 1.08 bits per heavy atom. The van der Waals surface area contributed by atoms with Crippen LogP contribution in [0.3, 0.4) is 0 Å². The first-order valence-electron chi connectivity index (χ1n) is 6.68. The average Bonchev–Trinajstić information content (AvgIpc) is 3.05. The number of halogens is 4. The second-order valence-electron chi connectivity index (χ2n) is 4.66. The van der Waals surface area contributed by atoms with Gasteiger partial charge in [0.25, 0.3) is 5.89 Å². The Morgan fingerprint density at radius 2 is 1.76 bits per heavy atom. The monoisotopic (exact) mass is 461 g/mol. The average molecular weight is 461 g/mol. The standard InChI is InChI=1S/C15H7F3IN3O3/c16-15(17,18)14(23)25-12-10(2-1-7-20-12)13-22-21-11(24-13)8-3-5-9(19)6-4-8/h1-7H. The molecule has 0 saturated heterocycles. The van der Waals surface area contributed by atoms with Gasteiger partial charge in [0.05, 0.1) is 0 Å². The molecule has 0 saturated carbocycles. The molecule has 0 aliphatic heterocycles. The molecule has 0 atom stereocenters. The number of hydrogen-bond donors (Lipinski definition) is 0. The number of pyridine rings is 1. The van der Waals surface area contributed by atoms with Crippen LogP contribution in [0.2, 0.25) is 0 Å².